The molecular formula is C16H27N3O. The van der Waals surface area contributed by atoms with E-state index in [1.807, 2.05) is 6.07 Å². The van der Waals surface area contributed by atoms with Gasteiger partial charge in [-0.05, 0) is 37.3 Å². The number of benzene rings is 1. The molecule has 0 amide bonds. The van der Waals surface area contributed by atoms with Gasteiger partial charge in [0.15, 0.2) is 5.96 Å². The molecule has 20 heavy (non-hydrogen) atoms. The van der Waals surface area contributed by atoms with Crippen LogP contribution in [0.3, 0.4) is 0 Å². The van der Waals surface area contributed by atoms with Crippen LogP contribution >= 0.6 is 0 Å². The quantitative estimate of drug-likeness (QED) is 0.594. The maximum absolute atomic E-state index is 5.83. The smallest absolute Gasteiger partial charge is 0.188 e. The first kappa shape index (κ1) is 16.3. The summed E-state index contributed by atoms with van der Waals surface area (Å²) < 4.78 is 5.36. The lowest BCUT2D eigenvalue weighted by atomic mass is 10.1. The van der Waals surface area contributed by atoms with Gasteiger partial charge in [-0.25, -0.2) is 0 Å². The molecule has 1 aromatic carbocycles. The molecule has 0 saturated carbocycles. The van der Waals surface area contributed by atoms with Crippen molar-refractivity contribution in [2.45, 2.75) is 33.6 Å². The average Bonchev–Trinajstić information content (AvgIpc) is 2.38. The summed E-state index contributed by atoms with van der Waals surface area (Å²) in [5.74, 6) is 2.10. The molecule has 0 heterocycles. The molecule has 3 N–H and O–H groups in total. The van der Waals surface area contributed by atoms with Gasteiger partial charge in [0, 0.05) is 13.1 Å². The minimum absolute atomic E-state index is 0.525. The van der Waals surface area contributed by atoms with Crippen molar-refractivity contribution >= 4 is 5.96 Å². The zero-order valence-electron chi connectivity index (χ0n) is 13.1. The molecule has 0 bridgehead atoms. The molecule has 0 spiro atoms. The van der Waals surface area contributed by atoms with Crippen LogP contribution in [0.1, 0.15) is 31.4 Å². The van der Waals surface area contributed by atoms with Gasteiger partial charge in [-0.15, -0.1) is 0 Å². The van der Waals surface area contributed by atoms with E-state index in [0.717, 1.165) is 31.7 Å². The first-order valence-electron chi connectivity index (χ1n) is 7.20. The summed E-state index contributed by atoms with van der Waals surface area (Å²) in [5, 5.41) is 3.15. The number of rotatable bonds is 7. The van der Waals surface area contributed by atoms with Crippen LogP contribution in [0.25, 0.3) is 0 Å². The molecule has 0 aliphatic carbocycles. The van der Waals surface area contributed by atoms with E-state index in [9.17, 15) is 0 Å². The molecule has 1 rings (SSSR count). The lowest BCUT2D eigenvalue weighted by Gasteiger charge is -2.10. The number of aliphatic imine (C=N–C) groups is 1. The molecular weight excluding hydrogens is 250 g/mol. The predicted molar refractivity (Wildman–Crippen MR) is 85.4 cm³/mol. The van der Waals surface area contributed by atoms with Gasteiger partial charge < -0.3 is 15.8 Å². The highest BCUT2D eigenvalue weighted by atomic mass is 16.5. The molecule has 0 aromatic heterocycles. The molecule has 0 aliphatic heterocycles. The van der Waals surface area contributed by atoms with Crippen molar-refractivity contribution in [2.24, 2.45) is 16.6 Å². The normalized spacial score (nSPS) is 11.8. The van der Waals surface area contributed by atoms with E-state index in [-0.39, 0.29) is 0 Å². The lowest BCUT2D eigenvalue weighted by molar-refractivity contribution is 0.409. The molecule has 1 aromatic rings. The summed E-state index contributed by atoms with van der Waals surface area (Å²) in [5.41, 5.74) is 8.26. The molecule has 0 radical (unpaired) electrons. The third kappa shape index (κ3) is 5.95. The third-order valence-electron chi connectivity index (χ3n) is 3.12. The Balaban J connectivity index is 2.42. The maximum Gasteiger partial charge on any atom is 0.188 e. The summed E-state index contributed by atoms with van der Waals surface area (Å²) in [4.78, 5) is 4.31. The number of hydrogen-bond donors (Lipinski definition) is 2. The largest absolute Gasteiger partial charge is 0.496 e. The highest BCUT2D eigenvalue weighted by molar-refractivity contribution is 5.77. The van der Waals surface area contributed by atoms with Gasteiger partial charge in [-0.1, -0.05) is 31.5 Å². The van der Waals surface area contributed by atoms with Gasteiger partial charge in [0.05, 0.1) is 7.11 Å². The first-order valence-corrected chi connectivity index (χ1v) is 7.20. The van der Waals surface area contributed by atoms with Crippen molar-refractivity contribution in [3.63, 3.8) is 0 Å². The Morgan fingerprint density at radius 3 is 2.80 bits per heavy atom. The predicted octanol–water partition coefficient (Wildman–Crippen LogP) is 2.50. The summed E-state index contributed by atoms with van der Waals surface area (Å²) in [6.07, 6.45) is 1.93. The van der Waals surface area contributed by atoms with Crippen LogP contribution in [0.15, 0.2) is 23.2 Å². The van der Waals surface area contributed by atoms with Crippen molar-refractivity contribution in [1.82, 2.24) is 5.32 Å². The summed E-state index contributed by atoms with van der Waals surface area (Å²) >= 11 is 0. The van der Waals surface area contributed by atoms with E-state index in [1.54, 1.807) is 7.11 Å². The van der Waals surface area contributed by atoms with E-state index in [1.165, 1.54) is 11.1 Å². The fraction of sp³-hybridized carbons (Fsp3) is 0.562. The second-order valence-corrected chi connectivity index (χ2v) is 5.44. The van der Waals surface area contributed by atoms with Gasteiger partial charge in [-0.2, -0.15) is 0 Å². The van der Waals surface area contributed by atoms with Crippen molar-refractivity contribution in [3.05, 3.63) is 29.3 Å². The molecule has 0 saturated heterocycles. The highest BCUT2D eigenvalue weighted by Crippen LogP contribution is 2.19. The van der Waals surface area contributed by atoms with Crippen LogP contribution < -0.4 is 15.8 Å². The Hall–Kier alpha value is -1.71. The Morgan fingerprint density at radius 2 is 2.15 bits per heavy atom. The molecule has 4 heteroatoms. The van der Waals surface area contributed by atoms with E-state index < -0.39 is 0 Å². The number of hydrogen-bond acceptors (Lipinski definition) is 2. The average molecular weight is 277 g/mol. The molecule has 4 nitrogen and oxygen atoms in total. The molecule has 0 atom stereocenters. The Kier molecular flexibility index (Phi) is 6.91. The summed E-state index contributed by atoms with van der Waals surface area (Å²) in [7, 11) is 1.70. The molecule has 0 unspecified atom stereocenters. The Morgan fingerprint density at radius 1 is 1.40 bits per heavy atom. The first-order chi connectivity index (χ1) is 9.52. The monoisotopic (exact) mass is 277 g/mol. The zero-order valence-corrected chi connectivity index (χ0v) is 13.1. The van der Waals surface area contributed by atoms with Crippen LogP contribution in [0.2, 0.25) is 0 Å². The van der Waals surface area contributed by atoms with Gasteiger partial charge >= 0.3 is 0 Å². The van der Waals surface area contributed by atoms with Crippen LogP contribution in [-0.4, -0.2) is 26.2 Å². The Bertz CT molecular complexity index is 441. The SMILES string of the molecule is COc1ccc(C)cc1CCNC(N)=NCCC(C)C. The Labute approximate surface area is 122 Å². The van der Waals surface area contributed by atoms with Gasteiger partial charge in [-0.3, -0.25) is 4.99 Å². The standard InChI is InChI=1S/C16H27N3O/c1-12(2)7-9-18-16(17)19-10-8-14-11-13(3)5-6-15(14)20-4/h5-6,11-12H,7-10H2,1-4H3,(H3,17,18,19). The second kappa shape index (κ2) is 8.46. The number of methoxy groups -OCH3 is 1. The summed E-state index contributed by atoms with van der Waals surface area (Å²) in [6.45, 7) is 7.99. The minimum atomic E-state index is 0.525. The summed E-state index contributed by atoms with van der Waals surface area (Å²) in [6, 6.07) is 6.20. The second-order valence-electron chi connectivity index (χ2n) is 5.44. The fourth-order valence-corrected chi connectivity index (χ4v) is 1.93. The third-order valence-corrected chi connectivity index (χ3v) is 3.12. The molecule has 112 valence electrons. The number of nitrogens with two attached hydrogens (primary N) is 1. The fourth-order valence-electron chi connectivity index (χ4n) is 1.93. The van der Waals surface area contributed by atoms with Crippen molar-refractivity contribution < 1.29 is 4.74 Å². The number of nitrogens with one attached hydrogen (secondary N) is 1. The lowest BCUT2D eigenvalue weighted by Crippen LogP contribution is -2.33. The maximum atomic E-state index is 5.83. The number of ether oxygens (including phenoxy) is 1. The highest BCUT2D eigenvalue weighted by Gasteiger charge is 2.03. The number of guanidine groups is 1. The van der Waals surface area contributed by atoms with E-state index >= 15 is 0 Å². The topological polar surface area (TPSA) is 59.6 Å². The van der Waals surface area contributed by atoms with Crippen LogP contribution in [0.4, 0.5) is 0 Å². The van der Waals surface area contributed by atoms with Gasteiger partial charge in [0.1, 0.15) is 5.75 Å². The van der Waals surface area contributed by atoms with Gasteiger partial charge in [0.2, 0.25) is 0 Å². The van der Waals surface area contributed by atoms with Crippen LogP contribution in [0.5, 0.6) is 5.75 Å². The van der Waals surface area contributed by atoms with E-state index in [0.29, 0.717) is 11.9 Å². The van der Waals surface area contributed by atoms with Crippen LogP contribution in [0, 0.1) is 12.8 Å². The molecule has 0 fully saturated rings. The van der Waals surface area contributed by atoms with Crippen molar-refractivity contribution in [2.75, 3.05) is 20.2 Å². The zero-order chi connectivity index (χ0) is 15.0. The van der Waals surface area contributed by atoms with Gasteiger partial charge in [0.25, 0.3) is 0 Å². The van der Waals surface area contributed by atoms with Crippen molar-refractivity contribution in [1.29, 1.82) is 0 Å². The van der Waals surface area contributed by atoms with Crippen LogP contribution in [-0.2, 0) is 6.42 Å². The number of nitrogens with zero attached hydrogens (tertiary/aromatic N) is 1. The molecule has 0 aliphatic rings. The van der Waals surface area contributed by atoms with E-state index in [2.05, 4.69) is 43.2 Å². The van der Waals surface area contributed by atoms with Crippen molar-refractivity contribution in [3.8, 4) is 5.75 Å². The number of aryl methyl sites for hydroxylation is 1. The van der Waals surface area contributed by atoms with E-state index in [4.69, 9.17) is 10.5 Å². The minimum Gasteiger partial charge on any atom is -0.496 e.